The van der Waals surface area contributed by atoms with Crippen molar-refractivity contribution < 1.29 is 14.3 Å². The predicted octanol–water partition coefficient (Wildman–Crippen LogP) is 4.34. The van der Waals surface area contributed by atoms with Crippen LogP contribution in [0.1, 0.15) is 35.3 Å². The van der Waals surface area contributed by atoms with Crippen LogP contribution in [0, 0.1) is 13.8 Å². The van der Waals surface area contributed by atoms with Gasteiger partial charge in [0.05, 0.1) is 25.7 Å². The molecule has 1 atom stereocenters. The summed E-state index contributed by atoms with van der Waals surface area (Å²) in [4.78, 5) is 15.9. The predicted molar refractivity (Wildman–Crippen MR) is 105 cm³/mol. The summed E-state index contributed by atoms with van der Waals surface area (Å²) in [5.41, 5.74) is 2.33. The van der Waals surface area contributed by atoms with Crippen LogP contribution in [-0.4, -0.2) is 36.7 Å². The molecule has 0 aliphatic carbocycles. The van der Waals surface area contributed by atoms with Crippen LogP contribution in [0.2, 0.25) is 0 Å². The molecule has 2 heterocycles. The fourth-order valence-corrected chi connectivity index (χ4v) is 3.89. The molecule has 2 aromatic rings. The SMILES string of the molecule is Cc1cccc(OCCC(=O)N(Cc2cccs2)CC2CCCO2)c1C. The Morgan fingerprint density at radius 1 is 1.31 bits per heavy atom. The second-order valence-corrected chi connectivity index (χ2v) is 7.82. The van der Waals surface area contributed by atoms with Crippen molar-refractivity contribution in [1.82, 2.24) is 4.90 Å². The maximum atomic E-state index is 12.8. The number of nitrogens with zero attached hydrogens (tertiary/aromatic N) is 1. The highest BCUT2D eigenvalue weighted by molar-refractivity contribution is 7.09. The van der Waals surface area contributed by atoms with Gasteiger partial charge in [0.1, 0.15) is 5.75 Å². The molecule has 1 aromatic carbocycles. The van der Waals surface area contributed by atoms with Gasteiger partial charge < -0.3 is 14.4 Å². The first-order valence-corrected chi connectivity index (χ1v) is 10.1. The molecule has 4 nitrogen and oxygen atoms in total. The van der Waals surface area contributed by atoms with E-state index in [9.17, 15) is 4.79 Å². The van der Waals surface area contributed by atoms with Crippen LogP contribution in [-0.2, 0) is 16.1 Å². The summed E-state index contributed by atoms with van der Waals surface area (Å²) in [5, 5.41) is 2.05. The van der Waals surface area contributed by atoms with Crippen LogP contribution in [0.25, 0.3) is 0 Å². The van der Waals surface area contributed by atoms with E-state index in [0.717, 1.165) is 30.8 Å². The molecular weight excluding hydrogens is 346 g/mol. The zero-order chi connectivity index (χ0) is 18.4. The molecule has 1 fully saturated rings. The lowest BCUT2D eigenvalue weighted by atomic mass is 10.1. The second-order valence-electron chi connectivity index (χ2n) is 6.79. The number of benzene rings is 1. The number of hydrogen-bond acceptors (Lipinski definition) is 4. The lowest BCUT2D eigenvalue weighted by Crippen LogP contribution is -2.37. The van der Waals surface area contributed by atoms with Crippen molar-refractivity contribution in [3.8, 4) is 5.75 Å². The summed E-state index contributed by atoms with van der Waals surface area (Å²) in [6, 6.07) is 10.1. The average molecular weight is 374 g/mol. The third kappa shape index (κ3) is 5.08. The molecule has 3 rings (SSSR count). The van der Waals surface area contributed by atoms with Gasteiger partial charge in [0, 0.05) is 18.0 Å². The van der Waals surface area contributed by atoms with Gasteiger partial charge in [-0.25, -0.2) is 0 Å². The van der Waals surface area contributed by atoms with Crippen LogP contribution in [0.3, 0.4) is 0 Å². The van der Waals surface area contributed by atoms with E-state index in [4.69, 9.17) is 9.47 Å². The Labute approximate surface area is 159 Å². The van der Waals surface area contributed by atoms with Crippen LogP contribution in [0.4, 0.5) is 0 Å². The smallest absolute Gasteiger partial charge is 0.226 e. The summed E-state index contributed by atoms with van der Waals surface area (Å²) >= 11 is 1.68. The van der Waals surface area contributed by atoms with E-state index in [0.29, 0.717) is 26.1 Å². The van der Waals surface area contributed by atoms with Gasteiger partial charge in [0.15, 0.2) is 0 Å². The van der Waals surface area contributed by atoms with E-state index in [-0.39, 0.29) is 12.0 Å². The van der Waals surface area contributed by atoms with Crippen LogP contribution in [0.5, 0.6) is 5.75 Å². The Hall–Kier alpha value is -1.85. The normalized spacial score (nSPS) is 16.6. The highest BCUT2D eigenvalue weighted by atomic mass is 32.1. The summed E-state index contributed by atoms with van der Waals surface area (Å²) in [5.74, 6) is 0.987. The third-order valence-electron chi connectivity index (χ3n) is 4.86. The fraction of sp³-hybridized carbons (Fsp3) is 0.476. The molecule has 1 aromatic heterocycles. The van der Waals surface area contributed by atoms with E-state index >= 15 is 0 Å². The zero-order valence-electron chi connectivity index (χ0n) is 15.6. The Balaban J connectivity index is 1.56. The lowest BCUT2D eigenvalue weighted by Gasteiger charge is -2.25. The molecule has 0 spiro atoms. The number of amides is 1. The van der Waals surface area contributed by atoms with Crippen LogP contribution >= 0.6 is 11.3 Å². The van der Waals surface area contributed by atoms with Crippen LogP contribution in [0.15, 0.2) is 35.7 Å². The van der Waals surface area contributed by atoms with Gasteiger partial charge in [-0.05, 0) is 55.3 Å². The molecule has 1 aliphatic rings. The molecule has 1 aliphatic heterocycles. The molecule has 0 radical (unpaired) electrons. The monoisotopic (exact) mass is 373 g/mol. The van der Waals surface area contributed by atoms with Gasteiger partial charge in [-0.2, -0.15) is 0 Å². The topological polar surface area (TPSA) is 38.8 Å². The minimum atomic E-state index is 0.124. The van der Waals surface area contributed by atoms with Crippen molar-refractivity contribution in [2.75, 3.05) is 19.8 Å². The fourth-order valence-electron chi connectivity index (χ4n) is 3.17. The molecule has 26 heavy (non-hydrogen) atoms. The third-order valence-corrected chi connectivity index (χ3v) is 5.72. The minimum Gasteiger partial charge on any atom is -0.493 e. The average Bonchev–Trinajstić information content (AvgIpc) is 3.32. The van der Waals surface area contributed by atoms with Gasteiger partial charge in [-0.1, -0.05) is 18.2 Å². The first-order valence-electron chi connectivity index (χ1n) is 9.24. The van der Waals surface area contributed by atoms with Crippen molar-refractivity contribution in [2.24, 2.45) is 0 Å². The van der Waals surface area contributed by atoms with Crippen molar-refractivity contribution in [2.45, 2.75) is 45.8 Å². The molecule has 140 valence electrons. The Kier molecular flexibility index (Phi) is 6.69. The molecule has 0 bridgehead atoms. The van der Waals surface area contributed by atoms with Crippen LogP contribution < -0.4 is 4.74 Å². The summed E-state index contributed by atoms with van der Waals surface area (Å²) in [6.45, 7) is 6.64. The van der Waals surface area contributed by atoms with E-state index in [1.165, 1.54) is 10.4 Å². The van der Waals surface area contributed by atoms with Gasteiger partial charge in [-0.15, -0.1) is 11.3 Å². The molecule has 5 heteroatoms. The number of hydrogen-bond donors (Lipinski definition) is 0. The zero-order valence-corrected chi connectivity index (χ0v) is 16.4. The van der Waals surface area contributed by atoms with Crippen molar-refractivity contribution >= 4 is 17.2 Å². The van der Waals surface area contributed by atoms with Gasteiger partial charge in [-0.3, -0.25) is 4.79 Å². The maximum Gasteiger partial charge on any atom is 0.226 e. The van der Waals surface area contributed by atoms with E-state index in [1.54, 1.807) is 11.3 Å². The number of carbonyl (C=O) groups is 1. The summed E-state index contributed by atoms with van der Waals surface area (Å²) in [6.07, 6.45) is 2.67. The van der Waals surface area contributed by atoms with E-state index in [1.807, 2.05) is 35.4 Å². The summed E-state index contributed by atoms with van der Waals surface area (Å²) < 4.78 is 11.6. The maximum absolute atomic E-state index is 12.8. The van der Waals surface area contributed by atoms with E-state index in [2.05, 4.69) is 19.1 Å². The lowest BCUT2D eigenvalue weighted by molar-refractivity contribution is -0.133. The highest BCUT2D eigenvalue weighted by Crippen LogP contribution is 2.21. The van der Waals surface area contributed by atoms with Crippen molar-refractivity contribution in [1.29, 1.82) is 0 Å². The minimum absolute atomic E-state index is 0.124. The number of ether oxygens (including phenoxy) is 2. The molecule has 0 saturated carbocycles. The Morgan fingerprint density at radius 2 is 2.19 bits per heavy atom. The number of rotatable bonds is 8. The standard InChI is InChI=1S/C21H27NO3S/c1-16-6-3-9-20(17(16)2)25-12-10-21(23)22(14-18-7-4-11-24-18)15-19-8-5-13-26-19/h3,5-6,8-9,13,18H,4,7,10-12,14-15H2,1-2H3. The van der Waals surface area contributed by atoms with Gasteiger partial charge in [0.25, 0.3) is 0 Å². The number of aryl methyl sites for hydroxylation is 1. The first-order chi connectivity index (χ1) is 12.6. The molecule has 1 amide bonds. The number of thiophene rings is 1. The first kappa shape index (κ1) is 18.9. The van der Waals surface area contributed by atoms with Gasteiger partial charge in [0.2, 0.25) is 5.91 Å². The second kappa shape index (κ2) is 9.19. The molecule has 1 saturated heterocycles. The quantitative estimate of drug-likeness (QED) is 0.691. The van der Waals surface area contributed by atoms with Crippen molar-refractivity contribution in [3.63, 3.8) is 0 Å². The largest absolute Gasteiger partial charge is 0.493 e. The van der Waals surface area contributed by atoms with Crippen molar-refractivity contribution in [3.05, 3.63) is 51.7 Å². The van der Waals surface area contributed by atoms with E-state index < -0.39 is 0 Å². The summed E-state index contributed by atoms with van der Waals surface area (Å²) in [7, 11) is 0. The molecule has 0 N–H and O–H groups in total. The molecule has 1 unspecified atom stereocenters. The number of carbonyl (C=O) groups excluding carboxylic acids is 1. The Bertz CT molecular complexity index is 708. The van der Waals surface area contributed by atoms with Gasteiger partial charge >= 0.3 is 0 Å². The highest BCUT2D eigenvalue weighted by Gasteiger charge is 2.23. The Morgan fingerprint density at radius 3 is 2.92 bits per heavy atom. The molecular formula is C21H27NO3S.